The van der Waals surface area contributed by atoms with Crippen LogP contribution in [-0.4, -0.2) is 38.5 Å². The largest absolute Gasteiger partial charge is 0.390 e. The zero-order valence-corrected chi connectivity index (χ0v) is 11.6. The van der Waals surface area contributed by atoms with Gasteiger partial charge in [-0.05, 0) is 26.2 Å². The van der Waals surface area contributed by atoms with E-state index in [1.54, 1.807) is 18.7 Å². The first-order valence-electron chi connectivity index (χ1n) is 6.53. The zero-order valence-electron chi connectivity index (χ0n) is 11.6. The highest BCUT2D eigenvalue weighted by Gasteiger charge is 2.34. The summed E-state index contributed by atoms with van der Waals surface area (Å²) in [7, 11) is 1.73. The molecule has 1 aliphatic rings. The van der Waals surface area contributed by atoms with Gasteiger partial charge >= 0.3 is 5.69 Å². The minimum absolute atomic E-state index is 0.103. The van der Waals surface area contributed by atoms with Gasteiger partial charge in [0.25, 0.3) is 0 Å². The molecule has 2 heterocycles. The van der Waals surface area contributed by atoms with Crippen molar-refractivity contribution < 1.29 is 10.0 Å². The molecule has 1 aromatic rings. The fourth-order valence-corrected chi connectivity index (χ4v) is 2.54. The monoisotopic (exact) mass is 268 g/mol. The van der Waals surface area contributed by atoms with Crippen molar-refractivity contribution in [1.82, 2.24) is 9.78 Å². The lowest BCUT2D eigenvalue weighted by Gasteiger charge is -2.36. The van der Waals surface area contributed by atoms with Crippen LogP contribution in [0, 0.1) is 10.1 Å². The average Bonchev–Trinajstić information content (AvgIpc) is 2.66. The summed E-state index contributed by atoms with van der Waals surface area (Å²) in [6.07, 6.45) is 1.75. The van der Waals surface area contributed by atoms with Crippen LogP contribution in [0.25, 0.3) is 0 Å². The van der Waals surface area contributed by atoms with Gasteiger partial charge in [-0.2, -0.15) is 5.10 Å². The molecule has 0 aromatic carbocycles. The SMILES string of the molecule is CCc1nn(C)c(N2CCC(C)(O)CC2)c1[N+](=O)[O-]. The summed E-state index contributed by atoms with van der Waals surface area (Å²) < 4.78 is 1.58. The highest BCUT2D eigenvalue weighted by atomic mass is 16.6. The number of piperidine rings is 1. The summed E-state index contributed by atoms with van der Waals surface area (Å²) >= 11 is 0. The van der Waals surface area contributed by atoms with E-state index in [1.165, 1.54) is 0 Å². The van der Waals surface area contributed by atoms with Crippen LogP contribution in [0.2, 0.25) is 0 Å². The molecule has 1 aliphatic heterocycles. The summed E-state index contributed by atoms with van der Waals surface area (Å²) in [6.45, 7) is 4.88. The lowest BCUT2D eigenvalue weighted by molar-refractivity contribution is -0.384. The summed E-state index contributed by atoms with van der Waals surface area (Å²) in [4.78, 5) is 12.9. The van der Waals surface area contributed by atoms with Gasteiger partial charge in [-0.3, -0.25) is 10.1 Å². The Balaban J connectivity index is 2.35. The molecule has 7 nitrogen and oxygen atoms in total. The Hall–Kier alpha value is -1.63. The van der Waals surface area contributed by atoms with Crippen LogP contribution in [0.3, 0.4) is 0 Å². The van der Waals surface area contributed by atoms with Crippen molar-refractivity contribution in [1.29, 1.82) is 0 Å². The number of aliphatic hydroxyl groups is 1. The van der Waals surface area contributed by atoms with Crippen LogP contribution in [-0.2, 0) is 13.5 Å². The smallest absolute Gasteiger partial charge is 0.334 e. The molecule has 0 atom stereocenters. The van der Waals surface area contributed by atoms with Crippen molar-refractivity contribution >= 4 is 11.5 Å². The van der Waals surface area contributed by atoms with Crippen LogP contribution < -0.4 is 4.90 Å². The minimum atomic E-state index is -0.669. The van der Waals surface area contributed by atoms with E-state index >= 15 is 0 Å². The normalized spacial score (nSPS) is 18.6. The molecule has 0 saturated carbocycles. The van der Waals surface area contributed by atoms with Crippen molar-refractivity contribution in [2.45, 2.75) is 38.7 Å². The molecule has 0 spiro atoms. The summed E-state index contributed by atoms with van der Waals surface area (Å²) in [5.41, 5.74) is -0.0522. The maximum absolute atomic E-state index is 11.3. The van der Waals surface area contributed by atoms with Crippen molar-refractivity contribution in [3.63, 3.8) is 0 Å². The van der Waals surface area contributed by atoms with E-state index in [2.05, 4.69) is 5.10 Å². The Morgan fingerprint density at radius 2 is 2.05 bits per heavy atom. The molecular weight excluding hydrogens is 248 g/mol. The Labute approximate surface area is 112 Å². The standard InChI is InChI=1S/C12H20N4O3/c1-4-9-10(16(18)19)11(14(3)13-9)15-7-5-12(2,17)6-8-15/h17H,4-8H2,1-3H3. The molecule has 7 heteroatoms. The van der Waals surface area contributed by atoms with E-state index in [0.29, 0.717) is 43.9 Å². The van der Waals surface area contributed by atoms with E-state index in [-0.39, 0.29) is 10.6 Å². The Bertz CT molecular complexity index is 485. The fourth-order valence-electron chi connectivity index (χ4n) is 2.54. The molecule has 0 bridgehead atoms. The lowest BCUT2D eigenvalue weighted by Crippen LogP contribution is -2.43. The molecule has 1 N–H and O–H groups in total. The molecule has 1 saturated heterocycles. The third-order valence-corrected chi connectivity index (χ3v) is 3.72. The molecule has 0 radical (unpaired) electrons. The number of hydrogen-bond acceptors (Lipinski definition) is 5. The Kier molecular flexibility index (Phi) is 3.49. The number of nitro groups is 1. The maximum Gasteiger partial charge on any atom is 0.334 e. The molecular formula is C12H20N4O3. The van der Waals surface area contributed by atoms with E-state index < -0.39 is 5.60 Å². The van der Waals surface area contributed by atoms with Gasteiger partial charge in [0.15, 0.2) is 0 Å². The third kappa shape index (κ3) is 2.56. The number of hydrogen-bond donors (Lipinski definition) is 1. The van der Waals surface area contributed by atoms with Gasteiger partial charge in [-0.1, -0.05) is 6.92 Å². The second-order valence-corrected chi connectivity index (χ2v) is 5.34. The molecule has 1 aromatic heterocycles. The van der Waals surface area contributed by atoms with Gasteiger partial charge in [0.2, 0.25) is 5.82 Å². The molecule has 2 rings (SSSR count). The number of rotatable bonds is 3. The highest BCUT2D eigenvalue weighted by Crippen LogP contribution is 2.34. The van der Waals surface area contributed by atoms with Crippen LogP contribution in [0.1, 0.15) is 32.4 Å². The van der Waals surface area contributed by atoms with Crippen molar-refractivity contribution in [3.05, 3.63) is 15.8 Å². The van der Waals surface area contributed by atoms with Crippen molar-refractivity contribution in [2.24, 2.45) is 7.05 Å². The van der Waals surface area contributed by atoms with Gasteiger partial charge in [0, 0.05) is 20.1 Å². The van der Waals surface area contributed by atoms with Crippen molar-refractivity contribution in [2.75, 3.05) is 18.0 Å². The second-order valence-electron chi connectivity index (χ2n) is 5.34. The van der Waals surface area contributed by atoms with Gasteiger partial charge in [0.05, 0.1) is 10.5 Å². The molecule has 0 aliphatic carbocycles. The van der Waals surface area contributed by atoms with Gasteiger partial charge in [-0.25, -0.2) is 4.68 Å². The lowest BCUT2D eigenvalue weighted by atomic mass is 9.94. The topological polar surface area (TPSA) is 84.4 Å². The Morgan fingerprint density at radius 1 is 1.47 bits per heavy atom. The maximum atomic E-state index is 11.3. The van der Waals surface area contributed by atoms with Crippen LogP contribution >= 0.6 is 0 Å². The van der Waals surface area contributed by atoms with E-state index in [9.17, 15) is 15.2 Å². The first kappa shape index (κ1) is 13.8. The number of aromatic nitrogens is 2. The highest BCUT2D eigenvalue weighted by molar-refractivity contribution is 5.61. The van der Waals surface area contributed by atoms with Crippen molar-refractivity contribution in [3.8, 4) is 0 Å². The van der Waals surface area contributed by atoms with Gasteiger partial charge < -0.3 is 10.0 Å². The van der Waals surface area contributed by atoms with E-state index in [0.717, 1.165) is 0 Å². The van der Waals surface area contributed by atoms with Crippen LogP contribution in [0.4, 0.5) is 11.5 Å². The van der Waals surface area contributed by atoms with E-state index in [4.69, 9.17) is 0 Å². The first-order chi connectivity index (χ1) is 8.85. The number of aryl methyl sites for hydroxylation is 2. The van der Waals surface area contributed by atoms with Gasteiger partial charge in [-0.15, -0.1) is 0 Å². The molecule has 19 heavy (non-hydrogen) atoms. The summed E-state index contributed by atoms with van der Waals surface area (Å²) in [6, 6.07) is 0. The number of anilines is 1. The first-order valence-corrected chi connectivity index (χ1v) is 6.53. The average molecular weight is 268 g/mol. The molecule has 0 unspecified atom stereocenters. The summed E-state index contributed by atoms with van der Waals surface area (Å²) in [5.74, 6) is 0.553. The fraction of sp³-hybridized carbons (Fsp3) is 0.750. The third-order valence-electron chi connectivity index (χ3n) is 3.72. The zero-order chi connectivity index (χ0) is 14.2. The molecule has 0 amide bonds. The quantitative estimate of drug-likeness (QED) is 0.658. The summed E-state index contributed by atoms with van der Waals surface area (Å²) in [5, 5.41) is 25.4. The second kappa shape index (κ2) is 4.80. The predicted molar refractivity (Wildman–Crippen MR) is 71.3 cm³/mol. The van der Waals surface area contributed by atoms with Crippen LogP contribution in [0.5, 0.6) is 0 Å². The van der Waals surface area contributed by atoms with Gasteiger partial charge in [0.1, 0.15) is 5.69 Å². The molecule has 106 valence electrons. The van der Waals surface area contributed by atoms with Crippen LogP contribution in [0.15, 0.2) is 0 Å². The number of nitrogens with zero attached hydrogens (tertiary/aromatic N) is 4. The Morgan fingerprint density at radius 3 is 2.53 bits per heavy atom. The predicted octanol–water partition coefficient (Wildman–Crippen LogP) is 1.24. The molecule has 1 fully saturated rings. The minimum Gasteiger partial charge on any atom is -0.390 e. The van der Waals surface area contributed by atoms with E-state index in [1.807, 2.05) is 11.8 Å².